The monoisotopic (exact) mass is 258 g/mol. The van der Waals surface area contributed by atoms with Gasteiger partial charge >= 0.3 is 5.97 Å². The average molecular weight is 260 g/mol. The highest BCUT2D eigenvalue weighted by Crippen LogP contribution is 2.11. The zero-order chi connectivity index (χ0) is 8.85. The predicted molar refractivity (Wildman–Crippen MR) is 48.8 cm³/mol. The Balaban J connectivity index is 4.23. The second-order valence-electron chi connectivity index (χ2n) is 1.46. The third-order valence-electron chi connectivity index (χ3n) is 0.736. The Bertz CT molecular complexity index is 207. The van der Waals surface area contributed by atoms with Crippen molar-refractivity contribution in [2.75, 3.05) is 7.11 Å². The highest BCUT2D eigenvalue weighted by molar-refractivity contribution is 9.12. The summed E-state index contributed by atoms with van der Waals surface area (Å²) in [5.74, 6) is -0.476. The number of carbonyl (C=O) groups excluding carboxylic acids is 1. The van der Waals surface area contributed by atoms with Gasteiger partial charge in [-0.15, -0.1) is 0 Å². The lowest BCUT2D eigenvalue weighted by Gasteiger charge is -1.93. The number of esters is 1. The SMILES string of the molecule is COC(=O)/C(Br)=C/C=C(Cl)Cl. The van der Waals surface area contributed by atoms with Crippen LogP contribution >= 0.6 is 39.1 Å². The molecule has 0 heterocycles. The molecule has 0 aliphatic carbocycles. The molecular weight excluding hydrogens is 255 g/mol. The quantitative estimate of drug-likeness (QED) is 0.433. The van der Waals surface area contributed by atoms with Crippen molar-refractivity contribution in [2.45, 2.75) is 0 Å². The van der Waals surface area contributed by atoms with Crippen LogP contribution in [0.2, 0.25) is 0 Å². The Morgan fingerprint density at radius 3 is 2.36 bits per heavy atom. The first-order valence-corrected chi connectivity index (χ1v) is 4.09. The molecule has 0 saturated carbocycles. The van der Waals surface area contributed by atoms with Gasteiger partial charge in [-0.2, -0.15) is 0 Å². The molecule has 11 heavy (non-hydrogen) atoms. The number of allylic oxidation sites excluding steroid dienone is 2. The maximum Gasteiger partial charge on any atom is 0.344 e. The molecule has 0 unspecified atom stereocenters. The molecule has 0 rings (SSSR count). The molecule has 0 aliphatic heterocycles. The van der Waals surface area contributed by atoms with Crippen LogP contribution in [0.25, 0.3) is 0 Å². The zero-order valence-electron chi connectivity index (χ0n) is 5.61. The van der Waals surface area contributed by atoms with Crippen LogP contribution < -0.4 is 0 Å². The van der Waals surface area contributed by atoms with Gasteiger partial charge in [0, 0.05) is 0 Å². The van der Waals surface area contributed by atoms with Gasteiger partial charge in [0.25, 0.3) is 0 Å². The third kappa shape index (κ3) is 5.30. The number of carbonyl (C=O) groups is 1. The average Bonchev–Trinajstić information content (AvgIpc) is 1.98. The molecule has 0 atom stereocenters. The van der Waals surface area contributed by atoms with Crippen molar-refractivity contribution < 1.29 is 9.53 Å². The molecule has 0 saturated heterocycles. The van der Waals surface area contributed by atoms with E-state index in [4.69, 9.17) is 23.2 Å². The maximum atomic E-state index is 10.7. The summed E-state index contributed by atoms with van der Waals surface area (Å²) in [7, 11) is 1.28. The topological polar surface area (TPSA) is 26.3 Å². The van der Waals surface area contributed by atoms with E-state index in [1.807, 2.05) is 0 Å². The van der Waals surface area contributed by atoms with E-state index in [1.165, 1.54) is 19.3 Å². The summed E-state index contributed by atoms with van der Waals surface area (Å²) in [6.45, 7) is 0. The number of halogens is 3. The van der Waals surface area contributed by atoms with Crippen LogP contribution in [0.4, 0.5) is 0 Å². The van der Waals surface area contributed by atoms with Crippen LogP contribution in [0.3, 0.4) is 0 Å². The van der Waals surface area contributed by atoms with Crippen molar-refractivity contribution in [1.82, 2.24) is 0 Å². The summed E-state index contributed by atoms with van der Waals surface area (Å²) in [6, 6.07) is 0. The van der Waals surface area contributed by atoms with Gasteiger partial charge in [0.15, 0.2) is 0 Å². The lowest BCUT2D eigenvalue weighted by Crippen LogP contribution is -1.98. The molecule has 62 valence electrons. The summed E-state index contributed by atoms with van der Waals surface area (Å²) < 4.78 is 4.71. The van der Waals surface area contributed by atoms with Gasteiger partial charge in [-0.05, 0) is 28.1 Å². The minimum absolute atomic E-state index is 0.0749. The van der Waals surface area contributed by atoms with Gasteiger partial charge in [0.05, 0.1) is 7.11 Å². The highest BCUT2D eigenvalue weighted by Gasteiger charge is 2.02. The summed E-state index contributed by atoms with van der Waals surface area (Å²) in [5.41, 5.74) is 0. The Labute approximate surface area is 82.9 Å². The van der Waals surface area contributed by atoms with Crippen molar-refractivity contribution in [3.8, 4) is 0 Å². The van der Waals surface area contributed by atoms with Gasteiger partial charge in [0.2, 0.25) is 0 Å². The van der Waals surface area contributed by atoms with Gasteiger partial charge < -0.3 is 4.74 Å². The molecular formula is C6H5BrCl2O2. The molecule has 0 aliphatic rings. The van der Waals surface area contributed by atoms with E-state index >= 15 is 0 Å². The third-order valence-corrected chi connectivity index (χ3v) is 1.58. The predicted octanol–water partition coefficient (Wildman–Crippen LogP) is 2.76. The van der Waals surface area contributed by atoms with Crippen LogP contribution in [0.1, 0.15) is 0 Å². The van der Waals surface area contributed by atoms with Gasteiger partial charge in [-0.1, -0.05) is 23.2 Å². The number of ether oxygens (including phenoxy) is 1. The van der Waals surface area contributed by atoms with E-state index in [0.717, 1.165) is 0 Å². The molecule has 0 amide bonds. The highest BCUT2D eigenvalue weighted by atomic mass is 79.9. The Hall–Kier alpha value is 0.01000. The van der Waals surface area contributed by atoms with Crippen LogP contribution in [-0.2, 0) is 9.53 Å². The molecule has 0 N–H and O–H groups in total. The van der Waals surface area contributed by atoms with E-state index in [-0.39, 0.29) is 8.97 Å². The molecule has 0 spiro atoms. The van der Waals surface area contributed by atoms with E-state index in [0.29, 0.717) is 0 Å². The molecule has 0 bridgehead atoms. The zero-order valence-corrected chi connectivity index (χ0v) is 8.70. The lowest BCUT2D eigenvalue weighted by atomic mass is 10.5. The summed E-state index contributed by atoms with van der Waals surface area (Å²) in [6.07, 6.45) is 2.77. The van der Waals surface area contributed by atoms with Crippen LogP contribution in [0, 0.1) is 0 Å². The number of hydrogen-bond acceptors (Lipinski definition) is 2. The Morgan fingerprint density at radius 1 is 1.45 bits per heavy atom. The fourth-order valence-electron chi connectivity index (χ4n) is 0.302. The molecule has 0 aromatic rings. The van der Waals surface area contributed by atoms with E-state index in [1.54, 1.807) is 0 Å². The minimum atomic E-state index is -0.476. The first kappa shape index (κ1) is 11.0. The Kier molecular flexibility index (Phi) is 5.64. The van der Waals surface area contributed by atoms with Gasteiger partial charge in [-0.25, -0.2) is 4.79 Å². The van der Waals surface area contributed by atoms with Gasteiger partial charge in [-0.3, -0.25) is 0 Å². The van der Waals surface area contributed by atoms with E-state index < -0.39 is 5.97 Å². The minimum Gasteiger partial charge on any atom is -0.465 e. The van der Waals surface area contributed by atoms with Gasteiger partial charge in [0.1, 0.15) is 8.97 Å². The number of hydrogen-bond donors (Lipinski definition) is 0. The number of rotatable bonds is 2. The van der Waals surface area contributed by atoms with E-state index in [9.17, 15) is 4.79 Å². The summed E-state index contributed by atoms with van der Waals surface area (Å²) >= 11 is 13.5. The molecule has 2 nitrogen and oxygen atoms in total. The smallest absolute Gasteiger partial charge is 0.344 e. The molecule has 0 aromatic heterocycles. The largest absolute Gasteiger partial charge is 0.465 e. The van der Waals surface area contributed by atoms with Crippen molar-refractivity contribution in [3.05, 3.63) is 21.1 Å². The number of methoxy groups -OCH3 is 1. The molecule has 0 aromatic carbocycles. The molecule has 0 fully saturated rings. The summed E-state index contributed by atoms with van der Waals surface area (Å²) in [5, 5.41) is 0. The first-order chi connectivity index (χ1) is 5.07. The van der Waals surface area contributed by atoms with E-state index in [2.05, 4.69) is 20.7 Å². The van der Waals surface area contributed by atoms with Crippen LogP contribution in [0.15, 0.2) is 21.1 Å². The fraction of sp³-hybridized carbons (Fsp3) is 0.167. The first-order valence-electron chi connectivity index (χ1n) is 2.54. The lowest BCUT2D eigenvalue weighted by molar-refractivity contribution is -0.135. The fourth-order valence-corrected chi connectivity index (χ4v) is 0.722. The van der Waals surface area contributed by atoms with Crippen molar-refractivity contribution in [3.63, 3.8) is 0 Å². The van der Waals surface area contributed by atoms with Crippen molar-refractivity contribution in [1.29, 1.82) is 0 Å². The normalized spacial score (nSPS) is 10.7. The van der Waals surface area contributed by atoms with Crippen LogP contribution in [0.5, 0.6) is 0 Å². The standard InChI is InChI=1S/C6H5BrCl2O2/c1-11-6(10)4(7)2-3-5(8)9/h2-3H,1H3/b4-2-. The van der Waals surface area contributed by atoms with Crippen molar-refractivity contribution in [2.24, 2.45) is 0 Å². The summed E-state index contributed by atoms with van der Waals surface area (Å²) in [4.78, 5) is 10.7. The van der Waals surface area contributed by atoms with Crippen molar-refractivity contribution >= 4 is 45.1 Å². The Morgan fingerprint density at radius 2 is 2.00 bits per heavy atom. The van der Waals surface area contributed by atoms with Crippen LogP contribution in [-0.4, -0.2) is 13.1 Å². The second kappa shape index (κ2) is 5.63. The molecule has 0 radical (unpaired) electrons. The maximum absolute atomic E-state index is 10.7. The second-order valence-corrected chi connectivity index (χ2v) is 3.32. The molecule has 5 heteroatoms.